The maximum Gasteiger partial charge on any atom is 0.134 e. The van der Waals surface area contributed by atoms with Crippen LogP contribution in [-0.4, -0.2) is 5.78 Å². The molecule has 2 aromatic carbocycles. The van der Waals surface area contributed by atoms with Crippen LogP contribution in [0.5, 0.6) is 0 Å². The first kappa shape index (κ1) is 11.5. The van der Waals surface area contributed by atoms with Gasteiger partial charge in [-0.15, -0.1) is 0 Å². The Balaban J connectivity index is 2.23. The van der Waals surface area contributed by atoms with Gasteiger partial charge < -0.3 is 0 Å². The number of hydrogen-bond donors (Lipinski definition) is 0. The predicted octanol–water partition coefficient (Wildman–Crippen LogP) is 3.62. The molecule has 0 radical (unpaired) electrons. The molecule has 2 heteroatoms. The molecule has 17 heavy (non-hydrogen) atoms. The van der Waals surface area contributed by atoms with E-state index in [1.54, 1.807) is 19.1 Å². The van der Waals surface area contributed by atoms with Gasteiger partial charge in [0.05, 0.1) is 0 Å². The van der Waals surface area contributed by atoms with Gasteiger partial charge in [0.1, 0.15) is 11.6 Å². The van der Waals surface area contributed by atoms with E-state index in [0.29, 0.717) is 6.42 Å². The van der Waals surface area contributed by atoms with Crippen molar-refractivity contribution in [2.45, 2.75) is 13.3 Å². The number of ketones is 1. The summed E-state index contributed by atoms with van der Waals surface area (Å²) in [7, 11) is 0. The van der Waals surface area contributed by atoms with Crippen LogP contribution in [-0.2, 0) is 11.2 Å². The van der Waals surface area contributed by atoms with E-state index in [0.717, 1.165) is 16.7 Å². The van der Waals surface area contributed by atoms with Gasteiger partial charge >= 0.3 is 0 Å². The van der Waals surface area contributed by atoms with Crippen LogP contribution >= 0.6 is 0 Å². The highest BCUT2D eigenvalue weighted by atomic mass is 19.1. The van der Waals surface area contributed by atoms with Gasteiger partial charge in [0.25, 0.3) is 0 Å². The molecule has 0 spiro atoms. The largest absolute Gasteiger partial charge is 0.300 e. The summed E-state index contributed by atoms with van der Waals surface area (Å²) in [6.45, 7) is 1.58. The number of carbonyl (C=O) groups is 1. The van der Waals surface area contributed by atoms with Crippen molar-refractivity contribution in [2.24, 2.45) is 0 Å². The van der Waals surface area contributed by atoms with Crippen molar-refractivity contribution in [3.63, 3.8) is 0 Å². The average Bonchev–Trinajstić information content (AvgIpc) is 2.30. The van der Waals surface area contributed by atoms with E-state index >= 15 is 0 Å². The lowest BCUT2D eigenvalue weighted by atomic mass is 10.0. The van der Waals surface area contributed by atoms with Gasteiger partial charge in [-0.1, -0.05) is 36.4 Å². The Morgan fingerprint density at radius 1 is 0.941 bits per heavy atom. The van der Waals surface area contributed by atoms with E-state index in [1.165, 1.54) is 12.1 Å². The number of hydrogen-bond acceptors (Lipinski definition) is 1. The summed E-state index contributed by atoms with van der Waals surface area (Å²) in [6, 6.07) is 14.1. The maximum atomic E-state index is 12.8. The molecule has 0 unspecified atom stereocenters. The second-order valence-electron chi connectivity index (χ2n) is 4.08. The zero-order valence-electron chi connectivity index (χ0n) is 9.61. The van der Waals surface area contributed by atoms with Crippen LogP contribution in [0.4, 0.5) is 4.39 Å². The van der Waals surface area contributed by atoms with Crippen molar-refractivity contribution in [3.8, 4) is 11.1 Å². The summed E-state index contributed by atoms with van der Waals surface area (Å²) < 4.78 is 12.8. The molecule has 1 nitrogen and oxygen atoms in total. The fourth-order valence-corrected chi connectivity index (χ4v) is 1.74. The first-order chi connectivity index (χ1) is 8.15. The van der Waals surface area contributed by atoms with Crippen LogP contribution in [0.1, 0.15) is 12.5 Å². The molecule has 0 atom stereocenters. The van der Waals surface area contributed by atoms with Crippen LogP contribution in [0.3, 0.4) is 0 Å². The van der Waals surface area contributed by atoms with Crippen molar-refractivity contribution in [1.29, 1.82) is 0 Å². The lowest BCUT2D eigenvalue weighted by molar-refractivity contribution is -0.116. The van der Waals surface area contributed by atoms with E-state index in [1.807, 2.05) is 24.3 Å². The maximum absolute atomic E-state index is 12.8. The third-order valence-corrected chi connectivity index (χ3v) is 2.58. The molecular weight excluding hydrogens is 215 g/mol. The molecule has 0 aliphatic carbocycles. The molecule has 0 N–H and O–H groups in total. The van der Waals surface area contributed by atoms with Crippen LogP contribution in [0, 0.1) is 5.82 Å². The van der Waals surface area contributed by atoms with Crippen molar-refractivity contribution >= 4 is 5.78 Å². The number of carbonyl (C=O) groups excluding carboxylic acids is 1. The highest BCUT2D eigenvalue weighted by molar-refractivity contribution is 5.78. The molecule has 0 amide bonds. The summed E-state index contributed by atoms with van der Waals surface area (Å²) in [4.78, 5) is 11.0. The first-order valence-corrected chi connectivity index (χ1v) is 5.49. The van der Waals surface area contributed by atoms with Crippen molar-refractivity contribution in [2.75, 3.05) is 0 Å². The summed E-state index contributed by atoms with van der Waals surface area (Å²) in [5.74, 6) is -0.0820. The summed E-state index contributed by atoms with van der Waals surface area (Å²) in [6.07, 6.45) is 0.462. The van der Waals surface area contributed by atoms with Crippen molar-refractivity contribution < 1.29 is 9.18 Å². The van der Waals surface area contributed by atoms with Crippen LogP contribution in [0.15, 0.2) is 48.5 Å². The number of Topliss-reactive ketones (excluding diaryl/α,β-unsaturated/α-hetero) is 1. The minimum Gasteiger partial charge on any atom is -0.300 e. The lowest BCUT2D eigenvalue weighted by Gasteiger charge is -2.03. The number of benzene rings is 2. The van der Waals surface area contributed by atoms with Gasteiger partial charge in [-0.25, -0.2) is 4.39 Å². The van der Waals surface area contributed by atoms with E-state index in [2.05, 4.69) is 0 Å². The van der Waals surface area contributed by atoms with E-state index in [-0.39, 0.29) is 11.6 Å². The Bertz CT molecular complexity index is 512. The fraction of sp³-hybridized carbons (Fsp3) is 0.133. The van der Waals surface area contributed by atoms with Gasteiger partial charge in [0, 0.05) is 6.42 Å². The minimum atomic E-state index is -0.234. The minimum absolute atomic E-state index is 0.152. The molecule has 0 saturated heterocycles. The molecule has 0 fully saturated rings. The molecule has 0 aliphatic heterocycles. The molecular formula is C15H13FO. The normalized spacial score (nSPS) is 10.2. The summed E-state index contributed by atoms with van der Waals surface area (Å²) in [5.41, 5.74) is 3.00. The molecule has 0 aromatic heterocycles. The van der Waals surface area contributed by atoms with Crippen molar-refractivity contribution in [3.05, 3.63) is 59.9 Å². The van der Waals surface area contributed by atoms with E-state index in [4.69, 9.17) is 0 Å². The third kappa shape index (κ3) is 3.00. The predicted molar refractivity (Wildman–Crippen MR) is 66.2 cm³/mol. The lowest BCUT2D eigenvalue weighted by Crippen LogP contribution is -1.95. The highest BCUT2D eigenvalue weighted by Crippen LogP contribution is 2.20. The number of rotatable bonds is 3. The second-order valence-corrected chi connectivity index (χ2v) is 4.08. The van der Waals surface area contributed by atoms with Crippen LogP contribution in [0.25, 0.3) is 11.1 Å². The topological polar surface area (TPSA) is 17.1 Å². The molecule has 2 aromatic rings. The SMILES string of the molecule is CC(=O)Cc1ccc(-c2ccc(F)cc2)cc1. The van der Waals surface area contributed by atoms with Gasteiger partial charge in [-0.3, -0.25) is 4.79 Å². The standard InChI is InChI=1S/C15H13FO/c1-11(17)10-12-2-4-13(5-3-12)14-6-8-15(16)9-7-14/h2-9H,10H2,1H3. The molecule has 0 heterocycles. The summed E-state index contributed by atoms with van der Waals surface area (Å²) >= 11 is 0. The highest BCUT2D eigenvalue weighted by Gasteiger charge is 2.00. The quantitative estimate of drug-likeness (QED) is 0.784. The molecule has 2 rings (SSSR count). The zero-order chi connectivity index (χ0) is 12.3. The van der Waals surface area contributed by atoms with Crippen molar-refractivity contribution in [1.82, 2.24) is 0 Å². The van der Waals surface area contributed by atoms with Gasteiger partial charge in [-0.2, -0.15) is 0 Å². The Hall–Kier alpha value is -1.96. The Labute approximate surface area is 99.9 Å². The molecule has 0 bridgehead atoms. The number of halogens is 1. The molecule has 0 aliphatic rings. The third-order valence-electron chi connectivity index (χ3n) is 2.58. The molecule has 86 valence electrons. The zero-order valence-corrected chi connectivity index (χ0v) is 9.61. The fourth-order valence-electron chi connectivity index (χ4n) is 1.74. The molecule has 0 saturated carbocycles. The van der Waals surface area contributed by atoms with Crippen LogP contribution < -0.4 is 0 Å². The van der Waals surface area contributed by atoms with E-state index in [9.17, 15) is 9.18 Å². The Morgan fingerprint density at radius 2 is 1.41 bits per heavy atom. The Morgan fingerprint density at radius 3 is 1.88 bits per heavy atom. The second kappa shape index (κ2) is 4.91. The van der Waals surface area contributed by atoms with Gasteiger partial charge in [0.15, 0.2) is 0 Å². The van der Waals surface area contributed by atoms with Gasteiger partial charge in [0.2, 0.25) is 0 Å². The van der Waals surface area contributed by atoms with Crippen LogP contribution in [0.2, 0.25) is 0 Å². The Kier molecular flexibility index (Phi) is 3.33. The monoisotopic (exact) mass is 228 g/mol. The smallest absolute Gasteiger partial charge is 0.134 e. The first-order valence-electron chi connectivity index (χ1n) is 5.49. The summed E-state index contributed by atoms with van der Waals surface area (Å²) in [5, 5.41) is 0. The average molecular weight is 228 g/mol. The van der Waals surface area contributed by atoms with Gasteiger partial charge in [-0.05, 0) is 35.7 Å². The van der Waals surface area contributed by atoms with E-state index < -0.39 is 0 Å².